The molecular formula is C18H19N3O4S2. The summed E-state index contributed by atoms with van der Waals surface area (Å²) in [6.07, 6.45) is 0. The lowest BCUT2D eigenvalue weighted by molar-refractivity contribution is 0.0601. The zero-order valence-corrected chi connectivity index (χ0v) is 16.8. The number of nitrogens with two attached hydrogens (primary N) is 1. The van der Waals surface area contributed by atoms with E-state index in [0.717, 1.165) is 34.1 Å². The van der Waals surface area contributed by atoms with Crippen LogP contribution in [0.4, 0.5) is 5.00 Å². The number of aromatic nitrogens is 2. The van der Waals surface area contributed by atoms with Gasteiger partial charge in [-0.05, 0) is 19.1 Å². The van der Waals surface area contributed by atoms with Crippen molar-refractivity contribution in [3.05, 3.63) is 40.3 Å². The van der Waals surface area contributed by atoms with Crippen LogP contribution >= 0.6 is 23.1 Å². The fourth-order valence-corrected chi connectivity index (χ4v) is 5.00. The third-order valence-electron chi connectivity index (χ3n) is 4.08. The van der Waals surface area contributed by atoms with Gasteiger partial charge in [0.05, 0.1) is 30.8 Å². The number of benzene rings is 1. The predicted molar refractivity (Wildman–Crippen MR) is 106 cm³/mol. The van der Waals surface area contributed by atoms with Gasteiger partial charge in [-0.2, -0.15) is 0 Å². The van der Waals surface area contributed by atoms with Gasteiger partial charge >= 0.3 is 11.9 Å². The molecule has 0 saturated carbocycles. The number of nitrogen functional groups attached to an aromatic ring is 1. The molecule has 0 amide bonds. The Hall–Kier alpha value is -2.52. The van der Waals surface area contributed by atoms with Gasteiger partial charge < -0.3 is 19.8 Å². The third-order valence-corrected chi connectivity index (χ3v) is 6.12. The van der Waals surface area contributed by atoms with Crippen molar-refractivity contribution in [2.24, 2.45) is 0 Å². The molecule has 0 radical (unpaired) electrons. The predicted octanol–water partition coefficient (Wildman–Crippen LogP) is 3.57. The highest BCUT2D eigenvalue weighted by atomic mass is 32.2. The summed E-state index contributed by atoms with van der Waals surface area (Å²) in [5, 5.41) is 1.04. The number of anilines is 1. The molecule has 0 atom stereocenters. The number of hydrogen-bond acceptors (Lipinski definition) is 8. The normalized spacial score (nSPS) is 10.9. The second kappa shape index (κ2) is 8.01. The molecular weight excluding hydrogens is 386 g/mol. The van der Waals surface area contributed by atoms with Crippen LogP contribution in [-0.2, 0) is 21.8 Å². The van der Waals surface area contributed by atoms with Crippen LogP contribution in [0, 0.1) is 0 Å². The number of fused-ring (bicyclic) bond motifs is 1. The number of nitrogens with zero attached hydrogens (tertiary/aromatic N) is 2. The van der Waals surface area contributed by atoms with E-state index in [1.807, 2.05) is 31.2 Å². The summed E-state index contributed by atoms with van der Waals surface area (Å²) >= 11 is 2.46. The first-order valence-electron chi connectivity index (χ1n) is 8.17. The fraction of sp³-hybridized carbons (Fsp3) is 0.278. The highest BCUT2D eigenvalue weighted by Crippen LogP contribution is 2.37. The van der Waals surface area contributed by atoms with E-state index in [4.69, 9.17) is 15.2 Å². The number of aryl methyl sites for hydroxylation is 1. The lowest BCUT2D eigenvalue weighted by atomic mass is 10.1. The van der Waals surface area contributed by atoms with Gasteiger partial charge in [0.1, 0.15) is 9.88 Å². The highest BCUT2D eigenvalue weighted by Gasteiger charge is 2.27. The van der Waals surface area contributed by atoms with Crippen molar-refractivity contribution in [2.45, 2.75) is 24.4 Å². The fourth-order valence-electron chi connectivity index (χ4n) is 2.81. The van der Waals surface area contributed by atoms with Crippen molar-refractivity contribution in [3.8, 4) is 0 Å². The Balaban J connectivity index is 2.00. The van der Waals surface area contributed by atoms with Crippen molar-refractivity contribution in [2.75, 3.05) is 20.0 Å². The summed E-state index contributed by atoms with van der Waals surface area (Å²) in [5.41, 5.74) is 8.64. The van der Waals surface area contributed by atoms with E-state index in [1.54, 1.807) is 0 Å². The van der Waals surface area contributed by atoms with E-state index in [0.29, 0.717) is 16.2 Å². The number of methoxy groups -OCH3 is 2. The number of imidazole rings is 1. The minimum absolute atomic E-state index is 0.217. The smallest absolute Gasteiger partial charge is 0.348 e. The molecule has 0 aliphatic rings. The van der Waals surface area contributed by atoms with Crippen LogP contribution in [0.3, 0.4) is 0 Å². The molecule has 0 fully saturated rings. The van der Waals surface area contributed by atoms with Crippen LogP contribution in [0.2, 0.25) is 0 Å². The molecule has 27 heavy (non-hydrogen) atoms. The number of thiophene rings is 1. The van der Waals surface area contributed by atoms with Gasteiger partial charge in [0.2, 0.25) is 0 Å². The summed E-state index contributed by atoms with van der Waals surface area (Å²) < 4.78 is 11.8. The molecule has 0 bridgehead atoms. The second-order valence-corrected chi connectivity index (χ2v) is 7.54. The van der Waals surface area contributed by atoms with Crippen LogP contribution in [0.25, 0.3) is 11.0 Å². The average Bonchev–Trinajstić information content (AvgIpc) is 3.21. The molecule has 9 heteroatoms. The van der Waals surface area contributed by atoms with Gasteiger partial charge in [-0.15, -0.1) is 11.3 Å². The standard InChI is InChI=1S/C18H19N3O4S2/c1-4-21-12-8-6-5-7-11(12)20-18(21)26-9-10-13(16(22)24-2)15(19)27-14(10)17(23)25-3/h5-8H,4,9,19H2,1-3H3. The molecule has 142 valence electrons. The topological polar surface area (TPSA) is 96.4 Å². The molecule has 0 aliphatic carbocycles. The van der Waals surface area contributed by atoms with E-state index in [1.165, 1.54) is 26.0 Å². The van der Waals surface area contributed by atoms with Crippen LogP contribution in [0.5, 0.6) is 0 Å². The minimum atomic E-state index is -0.571. The maximum absolute atomic E-state index is 12.2. The maximum atomic E-state index is 12.2. The van der Waals surface area contributed by atoms with Gasteiger partial charge in [-0.3, -0.25) is 0 Å². The average molecular weight is 406 g/mol. The first kappa shape index (κ1) is 19.2. The monoisotopic (exact) mass is 405 g/mol. The van der Waals surface area contributed by atoms with Gasteiger partial charge in [0.15, 0.2) is 5.16 Å². The number of esters is 2. The molecule has 7 nitrogen and oxygen atoms in total. The highest BCUT2D eigenvalue weighted by molar-refractivity contribution is 7.98. The Labute approximate surface area is 164 Å². The van der Waals surface area contributed by atoms with E-state index >= 15 is 0 Å². The number of hydrogen-bond donors (Lipinski definition) is 1. The molecule has 0 spiro atoms. The second-order valence-electron chi connectivity index (χ2n) is 5.55. The Bertz CT molecular complexity index is 1010. The van der Waals surface area contributed by atoms with Gasteiger partial charge in [0, 0.05) is 17.9 Å². The summed E-state index contributed by atoms with van der Waals surface area (Å²) in [6, 6.07) is 7.87. The van der Waals surface area contributed by atoms with Crippen molar-refractivity contribution in [1.82, 2.24) is 9.55 Å². The third kappa shape index (κ3) is 3.52. The van der Waals surface area contributed by atoms with Crippen LogP contribution in [0.15, 0.2) is 29.4 Å². The maximum Gasteiger partial charge on any atom is 0.348 e. The first-order chi connectivity index (χ1) is 13.0. The summed E-state index contributed by atoms with van der Waals surface area (Å²) in [7, 11) is 2.58. The molecule has 2 heterocycles. The van der Waals surface area contributed by atoms with E-state index in [2.05, 4.69) is 9.55 Å². The quantitative estimate of drug-likeness (QED) is 0.495. The zero-order chi connectivity index (χ0) is 19.6. The molecule has 3 aromatic rings. The molecule has 0 aliphatic heterocycles. The summed E-state index contributed by atoms with van der Waals surface area (Å²) in [6.45, 7) is 2.79. The Morgan fingerprint density at radius 2 is 1.93 bits per heavy atom. The number of rotatable bonds is 6. The molecule has 2 N–H and O–H groups in total. The Morgan fingerprint density at radius 3 is 2.59 bits per heavy atom. The molecule has 2 aromatic heterocycles. The lowest BCUT2D eigenvalue weighted by Gasteiger charge is -2.08. The van der Waals surface area contributed by atoms with E-state index in [9.17, 15) is 9.59 Å². The van der Waals surface area contributed by atoms with Crippen molar-refractivity contribution >= 4 is 51.1 Å². The van der Waals surface area contributed by atoms with Crippen molar-refractivity contribution < 1.29 is 19.1 Å². The lowest BCUT2D eigenvalue weighted by Crippen LogP contribution is -2.09. The largest absolute Gasteiger partial charge is 0.465 e. The van der Waals surface area contributed by atoms with E-state index in [-0.39, 0.29) is 10.6 Å². The molecule has 0 saturated heterocycles. The summed E-state index contributed by atoms with van der Waals surface area (Å²) in [4.78, 5) is 29.3. The number of carbonyl (C=O) groups excluding carboxylic acids is 2. The van der Waals surface area contributed by atoms with Gasteiger partial charge in [-0.25, -0.2) is 14.6 Å². The number of thioether (sulfide) groups is 1. The molecule has 3 rings (SSSR count). The van der Waals surface area contributed by atoms with Crippen LogP contribution in [0.1, 0.15) is 32.5 Å². The van der Waals surface area contributed by atoms with E-state index < -0.39 is 11.9 Å². The number of para-hydroxylation sites is 2. The summed E-state index contributed by atoms with van der Waals surface area (Å²) in [5.74, 6) is -0.758. The van der Waals surface area contributed by atoms with Crippen LogP contribution in [-0.4, -0.2) is 35.7 Å². The first-order valence-corrected chi connectivity index (χ1v) is 9.97. The Kier molecular flexibility index (Phi) is 5.71. The molecule has 0 unspecified atom stereocenters. The molecule has 1 aromatic carbocycles. The van der Waals surface area contributed by atoms with Gasteiger partial charge in [0.25, 0.3) is 0 Å². The van der Waals surface area contributed by atoms with Crippen LogP contribution < -0.4 is 5.73 Å². The van der Waals surface area contributed by atoms with Crippen molar-refractivity contribution in [3.63, 3.8) is 0 Å². The number of ether oxygens (including phenoxy) is 2. The minimum Gasteiger partial charge on any atom is -0.465 e. The van der Waals surface area contributed by atoms with Gasteiger partial charge in [-0.1, -0.05) is 23.9 Å². The zero-order valence-electron chi connectivity index (χ0n) is 15.1. The Morgan fingerprint density at radius 1 is 1.22 bits per heavy atom. The number of carbonyl (C=O) groups is 2. The van der Waals surface area contributed by atoms with Crippen molar-refractivity contribution in [1.29, 1.82) is 0 Å². The SMILES string of the molecule is CCn1c(SCc2c(C(=O)OC)sc(N)c2C(=O)OC)nc2ccccc21.